The zero-order chi connectivity index (χ0) is 13.0. The summed E-state index contributed by atoms with van der Waals surface area (Å²) in [7, 11) is 0. The van der Waals surface area contributed by atoms with Crippen molar-refractivity contribution in [2.45, 2.75) is 65.2 Å². The molecular formula is C18H28. The number of aryl methyl sites for hydroxylation is 1. The summed E-state index contributed by atoms with van der Waals surface area (Å²) >= 11 is 0. The molecule has 18 heavy (non-hydrogen) atoms. The lowest BCUT2D eigenvalue weighted by atomic mass is 9.85. The molecule has 0 aromatic heterocycles. The maximum atomic E-state index is 2.46. The summed E-state index contributed by atoms with van der Waals surface area (Å²) in [6.07, 6.45) is 8.32. The van der Waals surface area contributed by atoms with Gasteiger partial charge in [-0.2, -0.15) is 0 Å². The minimum Gasteiger partial charge on any atom is -0.0628 e. The highest BCUT2D eigenvalue weighted by Crippen LogP contribution is 2.39. The van der Waals surface area contributed by atoms with Gasteiger partial charge >= 0.3 is 0 Å². The summed E-state index contributed by atoms with van der Waals surface area (Å²) in [6, 6.07) is 9.08. The highest BCUT2D eigenvalue weighted by Gasteiger charge is 2.26. The van der Waals surface area contributed by atoms with Crippen molar-refractivity contribution in [3.8, 4) is 0 Å². The van der Waals surface area contributed by atoms with Gasteiger partial charge in [0.05, 0.1) is 0 Å². The van der Waals surface area contributed by atoms with Gasteiger partial charge in [0.15, 0.2) is 0 Å². The van der Waals surface area contributed by atoms with Gasteiger partial charge in [0, 0.05) is 0 Å². The van der Waals surface area contributed by atoms with Crippen LogP contribution in [0.1, 0.15) is 69.9 Å². The van der Waals surface area contributed by atoms with E-state index in [1.54, 1.807) is 11.1 Å². The lowest BCUT2D eigenvalue weighted by molar-refractivity contribution is 0.398. The lowest BCUT2D eigenvalue weighted by Crippen LogP contribution is -2.07. The fourth-order valence-electron chi connectivity index (χ4n) is 3.40. The van der Waals surface area contributed by atoms with Crippen LogP contribution < -0.4 is 0 Å². The Hall–Kier alpha value is -0.780. The third kappa shape index (κ3) is 3.37. The summed E-state index contributed by atoms with van der Waals surface area (Å²) in [5.74, 6) is 2.56. The molecule has 2 rings (SSSR count). The van der Waals surface area contributed by atoms with Crippen LogP contribution in [0.15, 0.2) is 24.3 Å². The topological polar surface area (TPSA) is 0 Å². The third-order valence-electron chi connectivity index (χ3n) is 4.56. The molecule has 0 heterocycles. The predicted molar refractivity (Wildman–Crippen MR) is 80.0 cm³/mol. The fourth-order valence-corrected chi connectivity index (χ4v) is 3.40. The van der Waals surface area contributed by atoms with Crippen LogP contribution in [0.4, 0.5) is 0 Å². The average molecular weight is 244 g/mol. The zero-order valence-electron chi connectivity index (χ0n) is 12.3. The smallest absolute Gasteiger partial charge is 0.0130 e. The van der Waals surface area contributed by atoms with E-state index in [9.17, 15) is 0 Å². The maximum absolute atomic E-state index is 2.46. The maximum Gasteiger partial charge on any atom is -0.0130 e. The molecule has 0 bridgehead atoms. The number of hydrogen-bond acceptors (Lipinski definition) is 0. The molecule has 0 N–H and O–H groups in total. The van der Waals surface area contributed by atoms with Crippen molar-refractivity contribution in [3.05, 3.63) is 35.4 Å². The van der Waals surface area contributed by atoms with Crippen molar-refractivity contribution in [3.63, 3.8) is 0 Å². The Morgan fingerprint density at radius 3 is 2.56 bits per heavy atom. The van der Waals surface area contributed by atoms with E-state index in [1.165, 1.54) is 38.5 Å². The number of hydrogen-bond donors (Lipinski definition) is 0. The standard InChI is InChI=1S/C18H28/c1-14(2)8-4-5-9-15(3)17-13-12-16-10-6-7-11-18(16)17/h6-7,10-11,14-15,17H,4-5,8-9,12-13H2,1-3H3. The second kappa shape index (κ2) is 6.41. The molecule has 0 radical (unpaired) electrons. The van der Waals surface area contributed by atoms with Crippen LogP contribution in [-0.4, -0.2) is 0 Å². The van der Waals surface area contributed by atoms with Crippen LogP contribution in [0.25, 0.3) is 0 Å². The first kappa shape index (κ1) is 13.6. The van der Waals surface area contributed by atoms with Crippen molar-refractivity contribution in [2.24, 2.45) is 11.8 Å². The van der Waals surface area contributed by atoms with Crippen molar-refractivity contribution < 1.29 is 0 Å². The minimum absolute atomic E-state index is 0.834. The Balaban J connectivity index is 1.82. The largest absolute Gasteiger partial charge is 0.0628 e. The van der Waals surface area contributed by atoms with Crippen LogP contribution in [0.2, 0.25) is 0 Å². The van der Waals surface area contributed by atoms with Crippen molar-refractivity contribution in [1.82, 2.24) is 0 Å². The van der Waals surface area contributed by atoms with Gasteiger partial charge in [0.1, 0.15) is 0 Å². The van der Waals surface area contributed by atoms with Gasteiger partial charge in [-0.1, -0.05) is 70.7 Å². The molecule has 0 saturated carbocycles. The molecule has 0 nitrogen and oxygen atoms in total. The second-order valence-electron chi connectivity index (χ2n) is 6.50. The lowest BCUT2D eigenvalue weighted by Gasteiger charge is -2.20. The van der Waals surface area contributed by atoms with Gasteiger partial charge in [-0.15, -0.1) is 0 Å². The molecule has 0 heteroatoms. The molecule has 1 aromatic carbocycles. The number of benzene rings is 1. The summed E-state index contributed by atoms with van der Waals surface area (Å²) in [5, 5.41) is 0. The molecule has 1 aliphatic carbocycles. The molecule has 0 amide bonds. The van der Waals surface area contributed by atoms with Gasteiger partial charge in [0.2, 0.25) is 0 Å². The predicted octanol–water partition coefficient (Wildman–Crippen LogP) is 5.57. The molecule has 2 unspecified atom stereocenters. The van der Waals surface area contributed by atoms with Crippen LogP contribution in [0.3, 0.4) is 0 Å². The van der Waals surface area contributed by atoms with E-state index in [-0.39, 0.29) is 0 Å². The van der Waals surface area contributed by atoms with Gasteiger partial charge in [0.25, 0.3) is 0 Å². The second-order valence-corrected chi connectivity index (χ2v) is 6.50. The first-order valence-electron chi connectivity index (χ1n) is 7.76. The van der Waals surface area contributed by atoms with Crippen LogP contribution in [0, 0.1) is 11.8 Å². The van der Waals surface area contributed by atoms with E-state index in [2.05, 4.69) is 45.0 Å². The SMILES string of the molecule is CC(C)CCCCC(C)C1CCc2ccccc21. The van der Waals surface area contributed by atoms with E-state index < -0.39 is 0 Å². The van der Waals surface area contributed by atoms with E-state index in [4.69, 9.17) is 0 Å². The summed E-state index contributed by atoms with van der Waals surface area (Å²) in [5.41, 5.74) is 3.25. The average Bonchev–Trinajstić information content (AvgIpc) is 2.78. The Morgan fingerprint density at radius 2 is 1.78 bits per heavy atom. The van der Waals surface area contributed by atoms with Gasteiger partial charge in [-0.3, -0.25) is 0 Å². The van der Waals surface area contributed by atoms with Gasteiger partial charge in [-0.05, 0) is 41.7 Å². The highest BCUT2D eigenvalue weighted by molar-refractivity contribution is 5.35. The molecule has 100 valence electrons. The molecule has 2 atom stereocenters. The van der Waals surface area contributed by atoms with Gasteiger partial charge < -0.3 is 0 Å². The minimum atomic E-state index is 0.834. The zero-order valence-corrected chi connectivity index (χ0v) is 12.3. The molecular weight excluding hydrogens is 216 g/mol. The van der Waals surface area contributed by atoms with E-state index in [1.807, 2.05) is 0 Å². The Kier molecular flexibility index (Phi) is 4.86. The quantitative estimate of drug-likeness (QED) is 0.574. The summed E-state index contributed by atoms with van der Waals surface area (Å²) < 4.78 is 0. The van der Waals surface area contributed by atoms with Gasteiger partial charge in [-0.25, -0.2) is 0 Å². The molecule has 0 spiro atoms. The molecule has 0 fully saturated rings. The number of fused-ring (bicyclic) bond motifs is 1. The van der Waals surface area contributed by atoms with Crippen LogP contribution >= 0.6 is 0 Å². The normalized spacial score (nSPS) is 20.1. The third-order valence-corrected chi connectivity index (χ3v) is 4.56. The van der Waals surface area contributed by atoms with Crippen LogP contribution in [0.5, 0.6) is 0 Å². The Morgan fingerprint density at radius 1 is 1.06 bits per heavy atom. The van der Waals surface area contributed by atoms with Crippen LogP contribution in [-0.2, 0) is 6.42 Å². The highest BCUT2D eigenvalue weighted by atomic mass is 14.3. The number of unbranched alkanes of at least 4 members (excludes halogenated alkanes) is 1. The molecule has 0 saturated heterocycles. The first-order chi connectivity index (χ1) is 8.68. The Bertz CT molecular complexity index is 364. The van der Waals surface area contributed by atoms with E-state index in [0.717, 1.165) is 17.8 Å². The van der Waals surface area contributed by atoms with E-state index in [0.29, 0.717) is 0 Å². The van der Waals surface area contributed by atoms with Crippen molar-refractivity contribution in [2.75, 3.05) is 0 Å². The number of rotatable bonds is 6. The van der Waals surface area contributed by atoms with Crippen molar-refractivity contribution in [1.29, 1.82) is 0 Å². The van der Waals surface area contributed by atoms with Crippen molar-refractivity contribution >= 4 is 0 Å². The summed E-state index contributed by atoms with van der Waals surface area (Å²) in [6.45, 7) is 7.12. The monoisotopic (exact) mass is 244 g/mol. The van der Waals surface area contributed by atoms with E-state index >= 15 is 0 Å². The molecule has 1 aromatic rings. The Labute approximate surface area is 113 Å². The molecule has 1 aliphatic rings. The summed E-state index contributed by atoms with van der Waals surface area (Å²) in [4.78, 5) is 0. The fraction of sp³-hybridized carbons (Fsp3) is 0.667. The molecule has 0 aliphatic heterocycles. The first-order valence-corrected chi connectivity index (χ1v) is 7.76.